The molecule has 0 saturated heterocycles. The molecular weight excluding hydrogens is 1110 g/mol. The average Bonchev–Trinajstić information content (AvgIpc) is 3.74. The molecule has 0 heterocycles. The molecule has 0 saturated carbocycles. The summed E-state index contributed by atoms with van der Waals surface area (Å²) in [7, 11) is 5.98. The molecule has 90 heavy (non-hydrogen) atoms. The molecule has 0 aromatic rings. The molecule has 0 spiro atoms. The summed E-state index contributed by atoms with van der Waals surface area (Å²) in [6.45, 7) is 4.80. The highest BCUT2D eigenvalue weighted by Crippen LogP contribution is 2.19. The highest BCUT2D eigenvalue weighted by molar-refractivity contribution is 5.71. The number of hydrogen-bond acceptors (Lipinski definition) is 7. The molecule has 0 radical (unpaired) electrons. The van der Waals surface area contributed by atoms with Crippen LogP contribution in [-0.4, -0.2) is 87.4 Å². The number of carbonyl (C=O) groups excluding carboxylic acids is 2. The Morgan fingerprint density at radius 3 is 0.944 bits per heavy atom. The third kappa shape index (κ3) is 72.2. The van der Waals surface area contributed by atoms with Gasteiger partial charge in [-0.05, 0) is 64.2 Å². The Balaban J connectivity index is 4.00. The second-order valence-corrected chi connectivity index (χ2v) is 27.3. The number of rotatable bonds is 72. The van der Waals surface area contributed by atoms with Crippen LogP contribution in [0, 0.1) is 0 Å². The minimum atomic E-state index is -1.52. The van der Waals surface area contributed by atoms with Gasteiger partial charge in [0.15, 0.2) is 6.10 Å². The first-order valence-electron chi connectivity index (χ1n) is 38.6. The van der Waals surface area contributed by atoms with Gasteiger partial charge in [-0.2, -0.15) is 0 Å². The van der Waals surface area contributed by atoms with E-state index in [2.05, 4.69) is 86.8 Å². The SMILES string of the molecule is CC/C=C\C/C=C\C/C=C\C/C=C\C/C=C\C/C=C\CCCCCCCCCCC(=O)OC(COC(=O)CCCCCCCCCCCCCCCCCCCCCCCCCCCCCCCCCCCCCCCC)COC(OCC[N+](C)(C)C)C(=O)O. The number of carbonyl (C=O) groups is 3. The lowest BCUT2D eigenvalue weighted by Gasteiger charge is -2.25. The lowest BCUT2D eigenvalue weighted by Crippen LogP contribution is -2.40. The van der Waals surface area contributed by atoms with Crippen molar-refractivity contribution < 1.29 is 42.9 Å². The quantitative estimate of drug-likeness (QED) is 0.0211. The summed E-state index contributed by atoms with van der Waals surface area (Å²) in [5.74, 6) is -2.00. The Hall–Kier alpha value is -3.27. The van der Waals surface area contributed by atoms with Gasteiger partial charge in [-0.15, -0.1) is 0 Å². The van der Waals surface area contributed by atoms with Crippen LogP contribution in [0.15, 0.2) is 72.9 Å². The Kier molecular flexibility index (Phi) is 69.0. The predicted molar refractivity (Wildman–Crippen MR) is 387 cm³/mol. The molecule has 0 aliphatic heterocycles. The fraction of sp³-hybridized carbons (Fsp3) is 0.815. The van der Waals surface area contributed by atoms with Crippen molar-refractivity contribution in [2.45, 2.75) is 379 Å². The molecule has 0 aromatic heterocycles. The lowest BCUT2D eigenvalue weighted by atomic mass is 10.0. The number of carboxylic acid groups (broad SMARTS) is 1. The highest BCUT2D eigenvalue weighted by atomic mass is 16.7. The summed E-state index contributed by atoms with van der Waals surface area (Å²) >= 11 is 0. The van der Waals surface area contributed by atoms with E-state index < -0.39 is 24.3 Å². The topological polar surface area (TPSA) is 108 Å². The molecule has 0 rings (SSSR count). The summed E-state index contributed by atoms with van der Waals surface area (Å²) in [6.07, 6.45) is 93.4. The van der Waals surface area contributed by atoms with Crippen LogP contribution in [0.2, 0.25) is 0 Å². The second kappa shape index (κ2) is 71.6. The summed E-state index contributed by atoms with van der Waals surface area (Å²) in [5.41, 5.74) is 0. The van der Waals surface area contributed by atoms with Crippen molar-refractivity contribution in [3.05, 3.63) is 72.9 Å². The van der Waals surface area contributed by atoms with Crippen molar-refractivity contribution in [1.29, 1.82) is 0 Å². The number of esters is 2. The zero-order valence-electron chi connectivity index (χ0n) is 60.1. The number of ether oxygens (including phenoxy) is 4. The van der Waals surface area contributed by atoms with Crippen LogP contribution in [-0.2, 0) is 33.3 Å². The van der Waals surface area contributed by atoms with Crippen molar-refractivity contribution in [3.8, 4) is 0 Å². The van der Waals surface area contributed by atoms with E-state index in [1.807, 2.05) is 21.1 Å². The lowest BCUT2D eigenvalue weighted by molar-refractivity contribution is -0.870. The smallest absolute Gasteiger partial charge is 0.361 e. The number of allylic oxidation sites excluding steroid dienone is 12. The van der Waals surface area contributed by atoms with E-state index in [1.54, 1.807) is 0 Å². The van der Waals surface area contributed by atoms with Gasteiger partial charge in [-0.1, -0.05) is 363 Å². The van der Waals surface area contributed by atoms with Gasteiger partial charge < -0.3 is 28.5 Å². The van der Waals surface area contributed by atoms with Gasteiger partial charge in [0.1, 0.15) is 13.2 Å². The number of carboxylic acids is 1. The maximum absolute atomic E-state index is 13.0. The highest BCUT2D eigenvalue weighted by Gasteiger charge is 2.25. The van der Waals surface area contributed by atoms with Crippen LogP contribution >= 0.6 is 0 Å². The molecule has 1 N–H and O–H groups in total. The Bertz CT molecular complexity index is 1710. The monoisotopic (exact) mass is 1260 g/mol. The van der Waals surface area contributed by atoms with E-state index >= 15 is 0 Å². The van der Waals surface area contributed by atoms with Gasteiger partial charge in [0.05, 0.1) is 34.4 Å². The molecule has 9 nitrogen and oxygen atoms in total. The molecular formula is C81H148NO8+. The molecule has 2 atom stereocenters. The molecule has 0 aliphatic rings. The van der Waals surface area contributed by atoms with E-state index in [9.17, 15) is 19.5 Å². The minimum Gasteiger partial charge on any atom is -0.477 e. The summed E-state index contributed by atoms with van der Waals surface area (Å²) in [6, 6.07) is 0. The maximum atomic E-state index is 13.0. The molecule has 0 fully saturated rings. The molecule has 9 heteroatoms. The van der Waals surface area contributed by atoms with Gasteiger partial charge in [-0.3, -0.25) is 9.59 Å². The largest absolute Gasteiger partial charge is 0.477 e. The van der Waals surface area contributed by atoms with Crippen molar-refractivity contribution in [2.24, 2.45) is 0 Å². The fourth-order valence-electron chi connectivity index (χ4n) is 11.4. The normalized spacial score (nSPS) is 13.0. The number of quaternary nitrogens is 1. The van der Waals surface area contributed by atoms with E-state index in [0.29, 0.717) is 23.9 Å². The fourth-order valence-corrected chi connectivity index (χ4v) is 11.4. The van der Waals surface area contributed by atoms with Gasteiger partial charge in [-0.25, -0.2) is 4.79 Å². The van der Waals surface area contributed by atoms with E-state index in [0.717, 1.165) is 83.5 Å². The van der Waals surface area contributed by atoms with Crippen molar-refractivity contribution >= 4 is 17.9 Å². The molecule has 2 unspecified atom stereocenters. The van der Waals surface area contributed by atoms with Crippen LogP contribution in [0.5, 0.6) is 0 Å². The Labute approximate surface area is 557 Å². The molecule has 0 bridgehead atoms. The van der Waals surface area contributed by atoms with E-state index in [-0.39, 0.29) is 32.2 Å². The second-order valence-electron chi connectivity index (χ2n) is 27.3. The van der Waals surface area contributed by atoms with Gasteiger partial charge in [0.25, 0.3) is 6.29 Å². The third-order valence-electron chi connectivity index (χ3n) is 17.2. The van der Waals surface area contributed by atoms with Crippen molar-refractivity contribution in [1.82, 2.24) is 0 Å². The summed E-state index contributed by atoms with van der Waals surface area (Å²) in [5, 5.41) is 9.76. The van der Waals surface area contributed by atoms with Crippen LogP contribution in [0.25, 0.3) is 0 Å². The third-order valence-corrected chi connectivity index (χ3v) is 17.2. The summed E-state index contributed by atoms with van der Waals surface area (Å²) < 4.78 is 23.0. The molecule has 0 aromatic carbocycles. The predicted octanol–water partition coefficient (Wildman–Crippen LogP) is 24.4. The van der Waals surface area contributed by atoms with E-state index in [4.69, 9.17) is 18.9 Å². The number of hydrogen-bond donors (Lipinski definition) is 1. The zero-order valence-corrected chi connectivity index (χ0v) is 60.1. The minimum absolute atomic E-state index is 0.185. The number of likely N-dealkylation sites (N-methyl/N-ethyl adjacent to an activating group) is 1. The Morgan fingerprint density at radius 2 is 0.633 bits per heavy atom. The number of nitrogens with zero attached hydrogens (tertiary/aromatic N) is 1. The standard InChI is InChI=1S/C81H147NO8/c1-6-8-10-12-14-16-18-20-22-24-26-28-30-32-34-35-36-37-38-39-40-41-42-43-44-46-47-49-51-53-55-57-59-61-63-65-67-69-71-78(83)88-75-77(76-89-81(80(85)86)87-74-73-82(3,4)5)90-79(84)72-70-68-66-64-62-60-58-56-54-52-50-48-45-33-31-29-27-25-23-21-19-17-15-13-11-9-7-2/h9,11,15,17,21,23,27,29,33,45,50,52,77,81H,6-8,10,12-14,16,18-20,22,24-26,28,30-32,34-44,46-49,51,53-76H2,1-5H3/p+1/b11-9-,17-15-,23-21-,29-27-,45-33-,52-50-. The van der Waals surface area contributed by atoms with Crippen LogP contribution in [0.3, 0.4) is 0 Å². The van der Waals surface area contributed by atoms with Crippen molar-refractivity contribution in [3.63, 3.8) is 0 Å². The zero-order chi connectivity index (χ0) is 65.4. The first kappa shape index (κ1) is 86.7. The van der Waals surface area contributed by atoms with Gasteiger partial charge in [0, 0.05) is 12.8 Å². The van der Waals surface area contributed by atoms with Crippen LogP contribution in [0.1, 0.15) is 367 Å². The van der Waals surface area contributed by atoms with E-state index in [1.165, 1.54) is 250 Å². The number of aliphatic carboxylic acids is 1. The molecule has 524 valence electrons. The van der Waals surface area contributed by atoms with Gasteiger partial charge in [0.2, 0.25) is 0 Å². The molecule has 0 amide bonds. The first-order chi connectivity index (χ1) is 44.1. The average molecular weight is 1260 g/mol. The van der Waals surface area contributed by atoms with Crippen molar-refractivity contribution in [2.75, 3.05) is 47.5 Å². The molecule has 0 aliphatic carbocycles. The maximum Gasteiger partial charge on any atom is 0.361 e. The number of unbranched alkanes of at least 4 members (excludes halogenated alkanes) is 45. The van der Waals surface area contributed by atoms with Crippen LogP contribution in [0.4, 0.5) is 0 Å². The Morgan fingerprint density at radius 1 is 0.344 bits per heavy atom. The first-order valence-corrected chi connectivity index (χ1v) is 38.6. The van der Waals surface area contributed by atoms with Crippen LogP contribution < -0.4 is 0 Å². The summed E-state index contributed by atoms with van der Waals surface area (Å²) in [4.78, 5) is 37.7. The van der Waals surface area contributed by atoms with Gasteiger partial charge >= 0.3 is 17.9 Å².